The van der Waals surface area contributed by atoms with Crippen LogP contribution in [0, 0.1) is 0 Å². The van der Waals surface area contributed by atoms with Crippen molar-refractivity contribution in [3.63, 3.8) is 0 Å². The molecule has 0 saturated heterocycles. The maximum Gasteiger partial charge on any atom is 0.234 e. The number of benzene rings is 2. The zero-order valence-corrected chi connectivity index (χ0v) is 17.4. The number of amides is 1. The van der Waals surface area contributed by atoms with Crippen molar-refractivity contribution in [2.75, 3.05) is 11.1 Å². The molecule has 1 aliphatic heterocycles. The molecular formula is C22H22N4O2S. The number of carbonyl (C=O) groups excluding carboxylic acids is 2. The second kappa shape index (κ2) is 7.48. The van der Waals surface area contributed by atoms with Gasteiger partial charge in [0.1, 0.15) is 0 Å². The molecule has 1 aromatic heterocycles. The van der Waals surface area contributed by atoms with E-state index >= 15 is 0 Å². The van der Waals surface area contributed by atoms with E-state index in [0.717, 1.165) is 23.0 Å². The third-order valence-electron chi connectivity index (χ3n) is 5.03. The van der Waals surface area contributed by atoms with Crippen LogP contribution in [0.25, 0.3) is 11.4 Å². The predicted octanol–water partition coefficient (Wildman–Crippen LogP) is 4.17. The summed E-state index contributed by atoms with van der Waals surface area (Å²) in [6.07, 6.45) is 0.885. The van der Waals surface area contributed by atoms with Crippen LogP contribution in [-0.4, -0.2) is 32.2 Å². The number of hydrogen-bond acceptors (Lipinski definition) is 5. The first-order chi connectivity index (χ1) is 13.8. The van der Waals surface area contributed by atoms with Crippen molar-refractivity contribution in [3.05, 3.63) is 59.7 Å². The van der Waals surface area contributed by atoms with E-state index in [-0.39, 0.29) is 23.0 Å². The Morgan fingerprint density at radius 1 is 1.10 bits per heavy atom. The van der Waals surface area contributed by atoms with E-state index < -0.39 is 0 Å². The average Bonchev–Trinajstić information content (AvgIpc) is 3.12. The van der Waals surface area contributed by atoms with Gasteiger partial charge in [-0.25, -0.2) is 0 Å². The van der Waals surface area contributed by atoms with Crippen LogP contribution in [0.5, 0.6) is 0 Å². The minimum atomic E-state index is -0.172. The van der Waals surface area contributed by atoms with Crippen LogP contribution < -0.4 is 5.32 Å². The van der Waals surface area contributed by atoms with Gasteiger partial charge in [-0.15, -0.1) is 10.2 Å². The third kappa shape index (κ3) is 3.82. The van der Waals surface area contributed by atoms with Crippen LogP contribution in [0.15, 0.2) is 53.7 Å². The van der Waals surface area contributed by atoms with E-state index in [1.54, 1.807) is 24.3 Å². The molecule has 0 saturated carbocycles. The third-order valence-corrected chi connectivity index (χ3v) is 5.96. The van der Waals surface area contributed by atoms with E-state index in [1.807, 2.05) is 12.1 Å². The van der Waals surface area contributed by atoms with Gasteiger partial charge in [-0.2, -0.15) is 0 Å². The number of thioether (sulfide) groups is 1. The SMILES string of the molecule is CC(=O)c1ccc(NC(=O)CSc2nnc3n2C(C)(C)Cc2ccccc2-3)cc1. The van der Waals surface area contributed by atoms with Gasteiger partial charge in [0.2, 0.25) is 5.91 Å². The lowest BCUT2D eigenvalue weighted by Gasteiger charge is -2.34. The van der Waals surface area contributed by atoms with E-state index in [0.29, 0.717) is 11.3 Å². The highest BCUT2D eigenvalue weighted by molar-refractivity contribution is 7.99. The van der Waals surface area contributed by atoms with Gasteiger partial charge >= 0.3 is 0 Å². The van der Waals surface area contributed by atoms with Crippen molar-refractivity contribution in [1.29, 1.82) is 0 Å². The molecule has 29 heavy (non-hydrogen) atoms. The minimum Gasteiger partial charge on any atom is -0.325 e. The molecule has 2 aromatic carbocycles. The fourth-order valence-electron chi connectivity index (χ4n) is 3.64. The molecule has 1 amide bonds. The maximum absolute atomic E-state index is 12.4. The number of fused-ring (bicyclic) bond motifs is 3. The lowest BCUT2D eigenvalue weighted by atomic mass is 9.87. The lowest BCUT2D eigenvalue weighted by molar-refractivity contribution is -0.113. The Morgan fingerprint density at radius 3 is 2.55 bits per heavy atom. The maximum atomic E-state index is 12.4. The second-order valence-corrected chi connectivity index (χ2v) is 8.70. The van der Waals surface area contributed by atoms with Crippen LogP contribution in [0.3, 0.4) is 0 Å². The molecular weight excluding hydrogens is 384 g/mol. The molecule has 0 atom stereocenters. The first-order valence-electron chi connectivity index (χ1n) is 9.43. The van der Waals surface area contributed by atoms with Crippen LogP contribution in [0.1, 0.15) is 36.7 Å². The highest BCUT2D eigenvalue weighted by atomic mass is 32.2. The van der Waals surface area contributed by atoms with Crippen LogP contribution in [0.4, 0.5) is 5.69 Å². The minimum absolute atomic E-state index is 0.000740. The van der Waals surface area contributed by atoms with Gasteiger partial charge in [-0.3, -0.25) is 14.2 Å². The highest BCUT2D eigenvalue weighted by Gasteiger charge is 2.34. The lowest BCUT2D eigenvalue weighted by Crippen LogP contribution is -2.33. The second-order valence-electron chi connectivity index (χ2n) is 7.76. The van der Waals surface area contributed by atoms with E-state index in [9.17, 15) is 9.59 Å². The summed E-state index contributed by atoms with van der Waals surface area (Å²) in [6, 6.07) is 15.1. The fraction of sp³-hybridized carbons (Fsp3) is 0.273. The summed E-state index contributed by atoms with van der Waals surface area (Å²) >= 11 is 1.38. The molecule has 0 spiro atoms. The summed E-state index contributed by atoms with van der Waals surface area (Å²) in [5.74, 6) is 0.945. The molecule has 148 valence electrons. The summed E-state index contributed by atoms with van der Waals surface area (Å²) in [5.41, 5.74) is 3.48. The van der Waals surface area contributed by atoms with Crippen molar-refractivity contribution in [2.45, 2.75) is 37.9 Å². The molecule has 6 nitrogen and oxygen atoms in total. The van der Waals surface area contributed by atoms with Gasteiger partial charge in [-0.05, 0) is 57.0 Å². The number of aromatic nitrogens is 3. The topological polar surface area (TPSA) is 76.9 Å². The predicted molar refractivity (Wildman–Crippen MR) is 114 cm³/mol. The molecule has 1 aliphatic rings. The normalized spacial score (nSPS) is 14.0. The Bertz CT molecular complexity index is 1090. The number of Topliss-reactive ketones (excluding diaryl/α,β-unsaturated/α-hetero) is 1. The van der Waals surface area contributed by atoms with Crippen LogP contribution in [-0.2, 0) is 16.8 Å². The smallest absolute Gasteiger partial charge is 0.234 e. The Hall–Kier alpha value is -2.93. The van der Waals surface area contributed by atoms with Gasteiger partial charge in [0.15, 0.2) is 16.8 Å². The molecule has 0 aliphatic carbocycles. The van der Waals surface area contributed by atoms with Crippen molar-refractivity contribution >= 4 is 29.1 Å². The Morgan fingerprint density at radius 2 is 1.83 bits per heavy atom. The van der Waals surface area contributed by atoms with Crippen molar-refractivity contribution in [1.82, 2.24) is 14.8 Å². The molecule has 0 fully saturated rings. The fourth-order valence-corrected chi connectivity index (χ4v) is 4.53. The molecule has 0 unspecified atom stereocenters. The number of rotatable bonds is 5. The Balaban J connectivity index is 1.48. The van der Waals surface area contributed by atoms with Gasteiger partial charge in [0.25, 0.3) is 0 Å². The quantitative estimate of drug-likeness (QED) is 0.508. The largest absolute Gasteiger partial charge is 0.325 e. The van der Waals surface area contributed by atoms with Gasteiger partial charge < -0.3 is 5.32 Å². The molecule has 0 radical (unpaired) electrons. The van der Waals surface area contributed by atoms with Crippen LogP contribution >= 0.6 is 11.8 Å². The monoisotopic (exact) mass is 406 g/mol. The Labute approximate surface area is 173 Å². The molecule has 0 bridgehead atoms. The average molecular weight is 407 g/mol. The number of carbonyl (C=O) groups is 2. The molecule has 1 N–H and O–H groups in total. The summed E-state index contributed by atoms with van der Waals surface area (Å²) in [4.78, 5) is 23.8. The number of anilines is 1. The zero-order chi connectivity index (χ0) is 20.6. The summed E-state index contributed by atoms with van der Waals surface area (Å²) in [7, 11) is 0. The van der Waals surface area contributed by atoms with Gasteiger partial charge in [0, 0.05) is 22.4 Å². The number of ketones is 1. The van der Waals surface area contributed by atoms with Gasteiger partial charge in [-0.1, -0.05) is 36.0 Å². The highest BCUT2D eigenvalue weighted by Crippen LogP contribution is 2.39. The van der Waals surface area contributed by atoms with Crippen molar-refractivity contribution in [2.24, 2.45) is 0 Å². The first kappa shape index (κ1) is 19.4. The van der Waals surface area contributed by atoms with E-state index in [4.69, 9.17) is 0 Å². The van der Waals surface area contributed by atoms with E-state index in [2.05, 4.69) is 46.1 Å². The zero-order valence-electron chi connectivity index (χ0n) is 16.6. The summed E-state index contributed by atoms with van der Waals surface area (Å²) in [5, 5.41) is 12.4. The molecule has 4 rings (SSSR count). The molecule has 3 aromatic rings. The number of nitrogens with zero attached hydrogens (tertiary/aromatic N) is 3. The van der Waals surface area contributed by atoms with Gasteiger partial charge in [0.05, 0.1) is 5.75 Å². The molecule has 7 heteroatoms. The van der Waals surface area contributed by atoms with Crippen molar-refractivity contribution < 1.29 is 9.59 Å². The summed E-state index contributed by atoms with van der Waals surface area (Å²) in [6.45, 7) is 5.84. The van der Waals surface area contributed by atoms with E-state index in [1.165, 1.54) is 24.2 Å². The van der Waals surface area contributed by atoms with Crippen LogP contribution in [0.2, 0.25) is 0 Å². The Kier molecular flexibility index (Phi) is 5.00. The first-order valence-corrected chi connectivity index (χ1v) is 10.4. The standard InChI is InChI=1S/C22H22N4O2S/c1-14(27)15-8-10-17(11-9-15)23-19(28)13-29-21-25-24-20-18-7-5-4-6-16(18)12-22(2,3)26(20)21/h4-11H,12-13H2,1-3H3,(H,23,28). The number of hydrogen-bond donors (Lipinski definition) is 1. The molecule has 2 heterocycles. The van der Waals surface area contributed by atoms with Crippen molar-refractivity contribution in [3.8, 4) is 11.4 Å². The number of nitrogens with one attached hydrogen (secondary N) is 1. The summed E-state index contributed by atoms with van der Waals surface area (Å²) < 4.78 is 2.13.